The van der Waals surface area contributed by atoms with Gasteiger partial charge in [-0.1, -0.05) is 30.3 Å². The highest BCUT2D eigenvalue weighted by atomic mass is 16.5. The van der Waals surface area contributed by atoms with E-state index in [9.17, 15) is 9.90 Å². The average Bonchev–Trinajstić information content (AvgIpc) is 2.72. The number of phenols is 1. The number of carbonyl (C=O) groups excluding carboxylic acids is 1. The van der Waals surface area contributed by atoms with Crippen molar-refractivity contribution in [1.29, 1.82) is 0 Å². The standard InChI is InChI=1S/C22H25NO5/c24-18-13-17(27-10-4-7-23-8-11-26-12-9-23)14-21-22(18)19(25)15-20(28-21)16-5-2-1-3-6-16/h1-3,5-6,13-14,20,24H,4,7-12,15H2. The second-order valence-electron chi connectivity index (χ2n) is 7.12. The van der Waals surface area contributed by atoms with Crippen molar-refractivity contribution in [3.8, 4) is 17.2 Å². The minimum atomic E-state index is -0.350. The topological polar surface area (TPSA) is 68.2 Å². The summed E-state index contributed by atoms with van der Waals surface area (Å²) in [5.74, 6) is 0.691. The van der Waals surface area contributed by atoms with E-state index < -0.39 is 0 Å². The van der Waals surface area contributed by atoms with E-state index in [1.54, 1.807) is 6.07 Å². The fraction of sp³-hybridized carbons (Fsp3) is 0.409. The van der Waals surface area contributed by atoms with Gasteiger partial charge in [-0.3, -0.25) is 9.69 Å². The molecule has 148 valence electrons. The van der Waals surface area contributed by atoms with Crippen molar-refractivity contribution in [2.24, 2.45) is 0 Å². The molecule has 0 aromatic heterocycles. The monoisotopic (exact) mass is 383 g/mol. The van der Waals surface area contributed by atoms with Gasteiger partial charge in [0.15, 0.2) is 5.78 Å². The summed E-state index contributed by atoms with van der Waals surface area (Å²) >= 11 is 0. The number of aromatic hydroxyl groups is 1. The van der Waals surface area contributed by atoms with Gasteiger partial charge in [0.2, 0.25) is 0 Å². The molecule has 2 aliphatic heterocycles. The molecule has 2 aromatic carbocycles. The van der Waals surface area contributed by atoms with E-state index in [2.05, 4.69) is 4.90 Å². The van der Waals surface area contributed by atoms with E-state index in [0.29, 0.717) is 18.1 Å². The number of Topliss-reactive ketones (excluding diaryl/α,β-unsaturated/α-hetero) is 1. The molecule has 1 N–H and O–H groups in total. The van der Waals surface area contributed by atoms with Crippen LogP contribution >= 0.6 is 0 Å². The summed E-state index contributed by atoms with van der Waals surface area (Å²) in [4.78, 5) is 14.9. The Bertz CT molecular complexity index is 817. The van der Waals surface area contributed by atoms with Gasteiger partial charge in [0.25, 0.3) is 0 Å². The molecule has 0 spiro atoms. The van der Waals surface area contributed by atoms with Crippen LogP contribution in [0.5, 0.6) is 17.2 Å². The third kappa shape index (κ3) is 4.29. The van der Waals surface area contributed by atoms with Crippen LogP contribution < -0.4 is 9.47 Å². The number of ether oxygens (including phenoxy) is 3. The van der Waals surface area contributed by atoms with E-state index in [-0.39, 0.29) is 29.6 Å². The van der Waals surface area contributed by atoms with Gasteiger partial charge in [-0.25, -0.2) is 0 Å². The van der Waals surface area contributed by atoms with Crippen molar-refractivity contribution in [3.63, 3.8) is 0 Å². The molecule has 1 unspecified atom stereocenters. The minimum Gasteiger partial charge on any atom is -0.507 e. The number of morpholine rings is 1. The Morgan fingerprint density at radius 3 is 2.71 bits per heavy atom. The first-order valence-electron chi connectivity index (χ1n) is 9.75. The number of ketones is 1. The van der Waals surface area contributed by atoms with Crippen LogP contribution in [-0.4, -0.2) is 55.2 Å². The van der Waals surface area contributed by atoms with Gasteiger partial charge < -0.3 is 19.3 Å². The predicted molar refractivity (Wildman–Crippen MR) is 104 cm³/mol. The summed E-state index contributed by atoms with van der Waals surface area (Å²) in [6.45, 7) is 4.96. The van der Waals surface area contributed by atoms with Crippen LogP contribution in [0.1, 0.15) is 34.9 Å². The van der Waals surface area contributed by atoms with Gasteiger partial charge in [0.1, 0.15) is 28.9 Å². The second-order valence-corrected chi connectivity index (χ2v) is 7.12. The molecule has 2 aliphatic rings. The maximum absolute atomic E-state index is 12.5. The molecular weight excluding hydrogens is 358 g/mol. The van der Waals surface area contributed by atoms with Crippen molar-refractivity contribution in [2.75, 3.05) is 39.5 Å². The van der Waals surface area contributed by atoms with Crippen LogP contribution in [-0.2, 0) is 4.74 Å². The van der Waals surface area contributed by atoms with Crippen molar-refractivity contribution >= 4 is 5.78 Å². The second kappa shape index (κ2) is 8.63. The van der Waals surface area contributed by atoms with Crippen LogP contribution in [0.15, 0.2) is 42.5 Å². The lowest BCUT2D eigenvalue weighted by Crippen LogP contribution is -2.37. The van der Waals surface area contributed by atoms with Crippen molar-refractivity contribution < 1.29 is 24.1 Å². The normalized spacial score (nSPS) is 19.7. The predicted octanol–water partition coefficient (Wildman–Crippen LogP) is 3.20. The Hall–Kier alpha value is -2.57. The van der Waals surface area contributed by atoms with Crippen molar-refractivity contribution in [1.82, 2.24) is 4.90 Å². The van der Waals surface area contributed by atoms with Gasteiger partial charge in [0, 0.05) is 31.8 Å². The minimum absolute atomic E-state index is 0.0859. The zero-order valence-electron chi connectivity index (χ0n) is 15.8. The molecule has 6 heteroatoms. The summed E-state index contributed by atoms with van der Waals surface area (Å²) in [5, 5.41) is 10.3. The number of benzene rings is 2. The van der Waals surface area contributed by atoms with E-state index in [1.165, 1.54) is 6.07 Å². The molecule has 0 saturated carbocycles. The van der Waals surface area contributed by atoms with E-state index in [1.807, 2.05) is 30.3 Å². The van der Waals surface area contributed by atoms with Gasteiger partial charge in [-0.15, -0.1) is 0 Å². The fourth-order valence-electron chi connectivity index (χ4n) is 3.65. The summed E-state index contributed by atoms with van der Waals surface area (Å²) in [6.07, 6.45) is 0.742. The lowest BCUT2D eigenvalue weighted by atomic mass is 9.95. The van der Waals surface area contributed by atoms with Crippen molar-refractivity contribution in [3.05, 3.63) is 53.6 Å². The van der Waals surface area contributed by atoms with Crippen LogP contribution in [0.25, 0.3) is 0 Å². The summed E-state index contributed by atoms with van der Waals surface area (Å²) < 4.78 is 17.2. The zero-order chi connectivity index (χ0) is 19.3. The Morgan fingerprint density at radius 2 is 1.93 bits per heavy atom. The highest BCUT2D eigenvalue weighted by Gasteiger charge is 2.30. The lowest BCUT2D eigenvalue weighted by Gasteiger charge is -2.27. The Balaban J connectivity index is 1.40. The molecule has 0 radical (unpaired) electrons. The molecule has 4 rings (SSSR count). The fourth-order valence-corrected chi connectivity index (χ4v) is 3.65. The average molecular weight is 383 g/mol. The highest BCUT2D eigenvalue weighted by Crippen LogP contribution is 2.41. The molecule has 0 bridgehead atoms. The molecule has 0 aliphatic carbocycles. The van der Waals surface area contributed by atoms with Gasteiger partial charge in [-0.2, -0.15) is 0 Å². The van der Waals surface area contributed by atoms with Crippen molar-refractivity contribution in [2.45, 2.75) is 18.9 Å². The number of carbonyl (C=O) groups is 1. The lowest BCUT2D eigenvalue weighted by molar-refractivity contribution is 0.0357. The molecule has 28 heavy (non-hydrogen) atoms. The molecule has 1 atom stereocenters. The molecule has 1 fully saturated rings. The van der Waals surface area contributed by atoms with Gasteiger partial charge in [-0.05, 0) is 12.0 Å². The number of phenolic OH excluding ortho intramolecular Hbond substituents is 1. The van der Waals surface area contributed by atoms with E-state index in [4.69, 9.17) is 14.2 Å². The van der Waals surface area contributed by atoms with E-state index in [0.717, 1.165) is 44.8 Å². The Labute approximate surface area is 164 Å². The molecular formula is C22H25NO5. The zero-order valence-corrected chi connectivity index (χ0v) is 15.8. The summed E-state index contributed by atoms with van der Waals surface area (Å²) in [5.41, 5.74) is 1.19. The smallest absolute Gasteiger partial charge is 0.174 e. The maximum atomic E-state index is 12.5. The third-order valence-electron chi connectivity index (χ3n) is 5.14. The van der Waals surface area contributed by atoms with Crippen LogP contribution in [0.3, 0.4) is 0 Å². The summed E-state index contributed by atoms with van der Waals surface area (Å²) in [7, 11) is 0. The number of hydrogen-bond donors (Lipinski definition) is 1. The molecule has 0 amide bonds. The highest BCUT2D eigenvalue weighted by molar-refractivity contribution is 6.02. The molecule has 2 heterocycles. The summed E-state index contributed by atoms with van der Waals surface area (Å²) in [6, 6.07) is 12.9. The SMILES string of the molecule is O=C1CC(c2ccccc2)Oc2cc(OCCCN3CCOCC3)cc(O)c21. The van der Waals surface area contributed by atoms with Crippen LogP contribution in [0.4, 0.5) is 0 Å². The number of hydrogen-bond acceptors (Lipinski definition) is 6. The first kappa shape index (κ1) is 18.8. The number of rotatable bonds is 6. The maximum Gasteiger partial charge on any atom is 0.174 e. The molecule has 1 saturated heterocycles. The third-order valence-corrected chi connectivity index (χ3v) is 5.14. The quantitative estimate of drug-likeness (QED) is 0.773. The van der Waals surface area contributed by atoms with Crippen LogP contribution in [0, 0.1) is 0 Å². The molecule has 2 aromatic rings. The first-order chi connectivity index (χ1) is 13.7. The first-order valence-corrected chi connectivity index (χ1v) is 9.75. The number of nitrogens with zero attached hydrogens (tertiary/aromatic N) is 1. The molecule has 6 nitrogen and oxygen atoms in total. The van der Waals surface area contributed by atoms with Gasteiger partial charge in [0.05, 0.1) is 26.2 Å². The van der Waals surface area contributed by atoms with E-state index >= 15 is 0 Å². The largest absolute Gasteiger partial charge is 0.507 e. The van der Waals surface area contributed by atoms with Gasteiger partial charge >= 0.3 is 0 Å². The Kier molecular flexibility index (Phi) is 5.78. The number of fused-ring (bicyclic) bond motifs is 1. The Morgan fingerprint density at radius 1 is 1.14 bits per heavy atom. The van der Waals surface area contributed by atoms with Crippen LogP contribution in [0.2, 0.25) is 0 Å².